The summed E-state index contributed by atoms with van der Waals surface area (Å²) in [6, 6.07) is -14.9. The summed E-state index contributed by atoms with van der Waals surface area (Å²) in [6.45, 7) is 19.7. The van der Waals surface area contributed by atoms with Gasteiger partial charge in [0, 0.05) is 51.8 Å². The molecule has 15 atom stereocenters. The Labute approximate surface area is 732 Å². The van der Waals surface area contributed by atoms with E-state index in [1.54, 1.807) is 41.5 Å². The topological polar surface area (TPSA) is 683 Å². The number of aromatic nitrogens is 2. The minimum absolute atomic E-state index is 0.0171. The smallest absolute Gasteiger partial charge is 0.326 e. The number of amides is 15. The number of likely N-dealkylation sites (tertiary alicyclic amines) is 3. The number of aromatic amines is 1. The molecule has 700 valence electrons. The SMILES string of the molecule is CC(C)C[C@H](NC(=O)[C@H](C)NC(=O)[C@@H](NC(=O)CN)C(C)C)C(=O)N[C@@H](Cc1c[nH]cn1)C(=O)N[C@@H](CCCNC(=N)N)C(=O)N1CCCC1C(=O)N[C@@H](CC(=O)O)C(=O)N[C@H](C(=O)N[C@@H](Cc1ccc(O)cc1)C(=O)N[C@@H](CC(C)C)C(=O)N[C@@H](CC(C)C)C(=O)N1CCCC1C(=O)N1CCC[C@@H]1C(=O)N[C@@H](C)C(=O)N[C@H](CCCNC(=N)N)C(=O)O)C(C)C. The third-order valence-electron chi connectivity index (χ3n) is 21.5. The number of aromatic hydroxyl groups is 1. The van der Waals surface area contributed by atoms with E-state index in [4.69, 9.17) is 28.0 Å². The molecule has 126 heavy (non-hydrogen) atoms. The largest absolute Gasteiger partial charge is 0.508 e. The fourth-order valence-electron chi connectivity index (χ4n) is 15.0. The van der Waals surface area contributed by atoms with Crippen LogP contribution >= 0.6 is 0 Å². The summed E-state index contributed by atoms with van der Waals surface area (Å²) in [5, 5.41) is 81.9. The fraction of sp³-hybridized carbons (Fsp3) is 0.659. The summed E-state index contributed by atoms with van der Waals surface area (Å²) >= 11 is 0. The van der Waals surface area contributed by atoms with Crippen LogP contribution in [0.4, 0.5) is 0 Å². The predicted molar refractivity (Wildman–Crippen MR) is 458 cm³/mol. The first-order valence-corrected chi connectivity index (χ1v) is 42.9. The Balaban J connectivity index is 1.34. The number of aliphatic carboxylic acids is 2. The molecule has 15 amide bonds. The molecule has 5 rings (SSSR count). The van der Waals surface area contributed by atoms with Gasteiger partial charge in [-0.2, -0.15) is 0 Å². The van der Waals surface area contributed by atoms with Gasteiger partial charge < -0.3 is 127 Å². The Hall–Kier alpha value is -12.3. The van der Waals surface area contributed by atoms with Gasteiger partial charge in [-0.3, -0.25) is 87.5 Å². The number of nitrogens with two attached hydrogens (primary N) is 3. The average molecular weight is 1770 g/mol. The molecule has 3 aliphatic rings. The van der Waals surface area contributed by atoms with E-state index in [1.165, 1.54) is 74.3 Å². The van der Waals surface area contributed by atoms with Gasteiger partial charge in [-0.25, -0.2) is 9.78 Å². The fourth-order valence-corrected chi connectivity index (χ4v) is 15.0. The highest BCUT2D eigenvalue weighted by Crippen LogP contribution is 2.28. The van der Waals surface area contributed by atoms with Crippen molar-refractivity contribution in [3.63, 3.8) is 0 Å². The quantitative estimate of drug-likeness (QED) is 0.0172. The third kappa shape index (κ3) is 33.3. The molecule has 3 fully saturated rings. The number of carboxylic acid groups (broad SMARTS) is 2. The summed E-state index contributed by atoms with van der Waals surface area (Å²) in [5.74, 6) is -18.1. The van der Waals surface area contributed by atoms with Crippen LogP contribution in [0.2, 0.25) is 0 Å². The zero-order valence-corrected chi connectivity index (χ0v) is 73.9. The van der Waals surface area contributed by atoms with Crippen molar-refractivity contribution < 1.29 is 96.8 Å². The van der Waals surface area contributed by atoms with Gasteiger partial charge in [0.15, 0.2) is 11.9 Å². The van der Waals surface area contributed by atoms with Crippen molar-refractivity contribution in [2.45, 2.75) is 276 Å². The van der Waals surface area contributed by atoms with Crippen LogP contribution in [0.5, 0.6) is 5.75 Å². The highest BCUT2D eigenvalue weighted by molar-refractivity contribution is 6.02. The van der Waals surface area contributed by atoms with Crippen molar-refractivity contribution in [2.24, 2.45) is 46.8 Å². The Morgan fingerprint density at radius 3 is 1.37 bits per heavy atom. The first kappa shape index (κ1) is 104. The number of nitrogens with zero attached hydrogens (tertiary/aromatic N) is 4. The minimum atomic E-state index is -1.94. The van der Waals surface area contributed by atoms with Gasteiger partial charge in [0.2, 0.25) is 88.6 Å². The maximum absolute atomic E-state index is 15.0. The van der Waals surface area contributed by atoms with Crippen LogP contribution in [0.1, 0.15) is 184 Å². The van der Waals surface area contributed by atoms with Gasteiger partial charge in [0.1, 0.15) is 96.4 Å². The number of carbonyl (C=O) groups is 17. The van der Waals surface area contributed by atoms with Crippen LogP contribution in [0.15, 0.2) is 36.8 Å². The zero-order valence-electron chi connectivity index (χ0n) is 73.9. The minimum Gasteiger partial charge on any atom is -0.508 e. The second-order valence-corrected chi connectivity index (χ2v) is 34.2. The molecule has 0 bridgehead atoms. The maximum Gasteiger partial charge on any atom is 0.326 e. The van der Waals surface area contributed by atoms with Crippen molar-refractivity contribution in [1.29, 1.82) is 10.8 Å². The molecular weight excluding hydrogens is 1640 g/mol. The van der Waals surface area contributed by atoms with E-state index < -0.39 is 222 Å². The van der Waals surface area contributed by atoms with Crippen LogP contribution in [-0.2, 0) is 94.3 Å². The molecule has 1 aromatic heterocycles. The molecule has 0 saturated carbocycles. The lowest BCUT2D eigenvalue weighted by molar-refractivity contribution is -0.148. The van der Waals surface area contributed by atoms with E-state index in [0.717, 1.165) is 4.90 Å². The van der Waals surface area contributed by atoms with Crippen LogP contribution in [0.3, 0.4) is 0 Å². The highest BCUT2D eigenvalue weighted by Gasteiger charge is 2.47. The van der Waals surface area contributed by atoms with E-state index in [9.17, 15) is 92.0 Å². The van der Waals surface area contributed by atoms with Gasteiger partial charge in [0.25, 0.3) is 0 Å². The highest BCUT2D eigenvalue weighted by atomic mass is 16.4. The van der Waals surface area contributed by atoms with Gasteiger partial charge in [-0.1, -0.05) is 81.4 Å². The van der Waals surface area contributed by atoms with Gasteiger partial charge in [-0.05, 0) is 145 Å². The number of hydrogen-bond donors (Lipinski definition) is 23. The van der Waals surface area contributed by atoms with E-state index in [0.29, 0.717) is 18.4 Å². The first-order valence-electron chi connectivity index (χ1n) is 42.9. The number of imidazole rings is 1. The van der Waals surface area contributed by atoms with Crippen molar-refractivity contribution in [3.05, 3.63) is 48.0 Å². The molecule has 44 nitrogen and oxygen atoms in total. The van der Waals surface area contributed by atoms with Crippen molar-refractivity contribution in [3.8, 4) is 5.75 Å². The lowest BCUT2D eigenvalue weighted by Crippen LogP contribution is -2.62. The molecule has 26 N–H and O–H groups in total. The number of hydrogen-bond acceptors (Lipinski definition) is 22. The molecule has 3 saturated heterocycles. The standard InChI is InChI=1S/C82H132N24O20/c1-41(2)32-53(96-67(112)47(12)93-75(120)64(44(7)8)102-62(108)38-83)68(113)98-56(36-49-39-88-40-91-49)71(116)94-51(18-13-27-89-81(84)85)77(122)104-29-15-21-60(104)74(119)99-57(37-63(109)110)72(117)103-65(45(9)10)76(121)100-55(35-48-23-25-50(107)26-24-48)70(115)97-54(33-42(3)4)69(114)101-58(34-43(5)6)78(123)106-31-17-22-61(106)79(124)105-30-16-20-59(105)73(118)92-46(11)66(111)95-52(80(125)126)19-14-28-90-82(86)87/h23-26,39-47,51-61,64-65,107H,13-22,27-38,83H2,1-12H3,(H,88,91)(H,92,118)(H,93,120)(H,94,116)(H,95,111)(H,96,112)(H,97,115)(H,98,113)(H,99,119)(H,100,121)(H,101,114)(H,102,108)(H,103,117)(H,109,110)(H,125,126)(H4,84,85,89)(H4,86,87,90)/t46-,47-,51-,52+,53-,54-,55-,56-,57-,58-,59+,60?,61?,64-,65-/m0/s1. The molecule has 0 spiro atoms. The van der Waals surface area contributed by atoms with Gasteiger partial charge in [0.05, 0.1) is 25.0 Å². The zero-order chi connectivity index (χ0) is 94.1. The number of guanidine groups is 2. The second kappa shape index (κ2) is 50.6. The monoisotopic (exact) mass is 1770 g/mol. The lowest BCUT2D eigenvalue weighted by atomic mass is 9.98. The number of carbonyl (C=O) groups excluding carboxylic acids is 15. The molecule has 2 aromatic rings. The number of nitrogens with one attached hydrogen (secondary N) is 17. The molecule has 2 unspecified atom stereocenters. The molecule has 0 aliphatic carbocycles. The molecule has 4 heterocycles. The average Bonchev–Trinajstić information content (AvgIpc) is 1.64. The Bertz CT molecular complexity index is 4130. The molecular formula is C82H132N24O20. The van der Waals surface area contributed by atoms with Crippen molar-refractivity contribution in [2.75, 3.05) is 39.3 Å². The molecule has 44 heteroatoms. The third-order valence-corrected chi connectivity index (χ3v) is 21.5. The molecule has 1 aromatic carbocycles. The van der Waals surface area contributed by atoms with Crippen LogP contribution in [0, 0.1) is 40.4 Å². The van der Waals surface area contributed by atoms with E-state index >= 15 is 4.79 Å². The second-order valence-electron chi connectivity index (χ2n) is 34.2. The van der Waals surface area contributed by atoms with Crippen molar-refractivity contribution >= 4 is 112 Å². The van der Waals surface area contributed by atoms with Crippen LogP contribution in [0.25, 0.3) is 0 Å². The molecule has 3 aliphatic heterocycles. The van der Waals surface area contributed by atoms with E-state index in [2.05, 4.69) is 84.4 Å². The Kier molecular flexibility index (Phi) is 41.9. The van der Waals surface area contributed by atoms with E-state index in [-0.39, 0.29) is 151 Å². The van der Waals surface area contributed by atoms with E-state index in [1.807, 2.05) is 13.8 Å². The summed E-state index contributed by atoms with van der Waals surface area (Å²) in [6.07, 6.45) is 2.63. The van der Waals surface area contributed by atoms with Gasteiger partial charge in [-0.15, -0.1) is 0 Å². The summed E-state index contributed by atoms with van der Waals surface area (Å²) < 4.78 is 0. The normalized spacial score (nSPS) is 17.8. The lowest BCUT2D eigenvalue weighted by Gasteiger charge is -2.34. The summed E-state index contributed by atoms with van der Waals surface area (Å²) in [4.78, 5) is 250. The van der Waals surface area contributed by atoms with Crippen LogP contribution in [-0.4, -0.2) is 282 Å². The Morgan fingerprint density at radius 2 is 0.865 bits per heavy atom. The first-order chi connectivity index (χ1) is 59.3. The Morgan fingerprint density at radius 1 is 0.460 bits per heavy atom. The van der Waals surface area contributed by atoms with Crippen molar-refractivity contribution in [1.82, 2.24) is 99.1 Å². The summed E-state index contributed by atoms with van der Waals surface area (Å²) in [5.41, 5.74) is 17.0. The maximum atomic E-state index is 15.0. The number of carboxylic acids is 2. The number of rotatable bonds is 50. The predicted octanol–water partition coefficient (Wildman–Crippen LogP) is -3.77. The number of phenols is 1. The number of phenolic OH excluding ortho intramolecular Hbond substituents is 1. The summed E-state index contributed by atoms with van der Waals surface area (Å²) in [7, 11) is 0. The number of H-pyrrole nitrogens is 1. The molecule has 0 radical (unpaired) electrons. The van der Waals surface area contributed by atoms with Gasteiger partial charge >= 0.3 is 11.9 Å². The van der Waals surface area contributed by atoms with Crippen LogP contribution < -0.4 is 91.6 Å². The number of benzene rings is 1.